The van der Waals surface area contributed by atoms with Crippen LogP contribution in [-0.2, 0) is 16.1 Å². The summed E-state index contributed by atoms with van der Waals surface area (Å²) in [6.07, 6.45) is -0.539. The van der Waals surface area contributed by atoms with Gasteiger partial charge in [-0.2, -0.15) is 0 Å². The molecule has 0 saturated heterocycles. The number of carboxylic acid groups (broad SMARTS) is 2. The maximum Gasteiger partial charge on any atom is 0.326 e. The molecule has 19 heavy (non-hydrogen) atoms. The maximum atomic E-state index is 10.8. The van der Waals surface area contributed by atoms with Crippen LogP contribution < -0.4 is 10.6 Å². The second-order valence-corrected chi connectivity index (χ2v) is 4.21. The molecule has 7 heteroatoms. The van der Waals surface area contributed by atoms with Gasteiger partial charge in [-0.25, -0.2) is 4.79 Å². The maximum absolute atomic E-state index is 10.8. The first-order valence-corrected chi connectivity index (χ1v) is 5.92. The Hall–Kier alpha value is -2.15. The van der Waals surface area contributed by atoms with Gasteiger partial charge in [-0.05, 0) is 17.8 Å². The Kier molecular flexibility index (Phi) is 5.74. The third-order valence-electron chi connectivity index (χ3n) is 2.28. The van der Waals surface area contributed by atoms with Crippen molar-refractivity contribution in [3.8, 4) is 0 Å². The number of carboxylic acids is 2. The predicted octanol–water partition coefficient (Wildman–Crippen LogP) is 0.579. The summed E-state index contributed by atoms with van der Waals surface area (Å²) in [4.78, 5) is 21.3. The Balaban J connectivity index is 2.45. The van der Waals surface area contributed by atoms with Gasteiger partial charge in [0.15, 0.2) is 5.11 Å². The number of benzene rings is 1. The van der Waals surface area contributed by atoms with E-state index in [1.165, 1.54) is 0 Å². The molecule has 0 unspecified atom stereocenters. The molecule has 0 aromatic heterocycles. The van der Waals surface area contributed by atoms with Crippen LogP contribution in [0.3, 0.4) is 0 Å². The van der Waals surface area contributed by atoms with Crippen molar-refractivity contribution in [2.24, 2.45) is 0 Å². The van der Waals surface area contributed by atoms with E-state index in [1.807, 2.05) is 30.3 Å². The quantitative estimate of drug-likeness (QED) is 0.566. The zero-order chi connectivity index (χ0) is 14.3. The lowest BCUT2D eigenvalue weighted by atomic mass is 10.2. The first-order valence-electron chi connectivity index (χ1n) is 5.52. The van der Waals surface area contributed by atoms with Gasteiger partial charge in [-0.1, -0.05) is 30.3 Å². The molecule has 0 saturated carbocycles. The number of carbonyl (C=O) groups is 2. The molecule has 0 aliphatic carbocycles. The van der Waals surface area contributed by atoms with Crippen LogP contribution in [0.25, 0.3) is 0 Å². The van der Waals surface area contributed by atoms with Gasteiger partial charge >= 0.3 is 11.9 Å². The van der Waals surface area contributed by atoms with E-state index in [1.54, 1.807) is 0 Å². The SMILES string of the molecule is O=C(O)C[C@H](NC(=S)NCc1ccccc1)C(=O)O. The topological polar surface area (TPSA) is 98.7 Å². The van der Waals surface area contributed by atoms with Gasteiger partial charge in [-0.3, -0.25) is 4.79 Å². The van der Waals surface area contributed by atoms with Crippen molar-refractivity contribution in [3.05, 3.63) is 35.9 Å². The Morgan fingerprint density at radius 2 is 1.84 bits per heavy atom. The van der Waals surface area contributed by atoms with Crippen LogP contribution in [0.2, 0.25) is 0 Å². The van der Waals surface area contributed by atoms with E-state index < -0.39 is 24.4 Å². The lowest BCUT2D eigenvalue weighted by molar-refractivity contribution is -0.145. The van der Waals surface area contributed by atoms with Crippen LogP contribution in [0.15, 0.2) is 30.3 Å². The molecule has 102 valence electrons. The van der Waals surface area contributed by atoms with Gasteiger partial charge < -0.3 is 20.8 Å². The fourth-order valence-electron chi connectivity index (χ4n) is 1.36. The standard InChI is InChI=1S/C12H14N2O4S/c15-10(16)6-9(11(17)18)14-12(19)13-7-8-4-2-1-3-5-8/h1-5,9H,6-7H2,(H,15,16)(H,17,18)(H2,13,14,19)/t9-/m0/s1. The van der Waals surface area contributed by atoms with Gasteiger partial charge in [0.1, 0.15) is 6.04 Å². The largest absolute Gasteiger partial charge is 0.481 e. The molecule has 0 bridgehead atoms. The third-order valence-corrected chi connectivity index (χ3v) is 2.54. The van der Waals surface area contributed by atoms with Crippen molar-refractivity contribution in [1.29, 1.82) is 0 Å². The van der Waals surface area contributed by atoms with E-state index in [0.717, 1.165) is 5.56 Å². The molecule has 0 spiro atoms. The van der Waals surface area contributed by atoms with Crippen LogP contribution >= 0.6 is 12.2 Å². The molecule has 0 fully saturated rings. The van der Waals surface area contributed by atoms with Gasteiger partial charge in [-0.15, -0.1) is 0 Å². The molecule has 4 N–H and O–H groups in total. The van der Waals surface area contributed by atoms with Crippen molar-refractivity contribution >= 4 is 29.3 Å². The van der Waals surface area contributed by atoms with Gasteiger partial charge in [0.2, 0.25) is 0 Å². The smallest absolute Gasteiger partial charge is 0.326 e. The number of nitrogens with one attached hydrogen (secondary N) is 2. The van der Waals surface area contributed by atoms with Gasteiger partial charge in [0.25, 0.3) is 0 Å². The molecular weight excluding hydrogens is 268 g/mol. The molecule has 1 aromatic rings. The molecule has 0 amide bonds. The Labute approximate surface area is 115 Å². The molecular formula is C12H14N2O4S. The van der Waals surface area contributed by atoms with Crippen molar-refractivity contribution in [2.45, 2.75) is 19.0 Å². The molecule has 1 aromatic carbocycles. The molecule has 0 radical (unpaired) electrons. The van der Waals surface area contributed by atoms with Crippen LogP contribution in [0.5, 0.6) is 0 Å². The number of thiocarbonyl (C=S) groups is 1. The minimum absolute atomic E-state index is 0.109. The Bertz CT molecular complexity index is 464. The number of hydrogen-bond acceptors (Lipinski definition) is 3. The summed E-state index contributed by atoms with van der Waals surface area (Å²) < 4.78 is 0. The fraction of sp³-hybridized carbons (Fsp3) is 0.250. The molecule has 0 aliphatic heterocycles. The minimum Gasteiger partial charge on any atom is -0.481 e. The highest BCUT2D eigenvalue weighted by atomic mass is 32.1. The van der Waals surface area contributed by atoms with E-state index in [4.69, 9.17) is 22.4 Å². The second-order valence-electron chi connectivity index (χ2n) is 3.80. The van der Waals surface area contributed by atoms with E-state index in [9.17, 15) is 9.59 Å². The lowest BCUT2D eigenvalue weighted by Crippen LogP contribution is -2.46. The summed E-state index contributed by atoms with van der Waals surface area (Å²) in [6, 6.07) is 8.17. The average molecular weight is 282 g/mol. The van der Waals surface area contributed by atoms with Crippen molar-refractivity contribution < 1.29 is 19.8 Å². The summed E-state index contributed by atoms with van der Waals surface area (Å²) in [5.74, 6) is -2.46. The summed E-state index contributed by atoms with van der Waals surface area (Å²) >= 11 is 4.92. The first kappa shape index (κ1) is 14.9. The molecule has 6 nitrogen and oxygen atoms in total. The van der Waals surface area contributed by atoms with Crippen molar-refractivity contribution in [2.75, 3.05) is 0 Å². The van der Waals surface area contributed by atoms with Crippen molar-refractivity contribution in [1.82, 2.24) is 10.6 Å². The zero-order valence-electron chi connectivity index (χ0n) is 10.00. The van der Waals surface area contributed by atoms with Crippen molar-refractivity contribution in [3.63, 3.8) is 0 Å². The average Bonchev–Trinajstić information content (AvgIpc) is 2.36. The monoisotopic (exact) mass is 282 g/mol. The van der Waals surface area contributed by atoms with Crippen LogP contribution in [0, 0.1) is 0 Å². The number of hydrogen-bond donors (Lipinski definition) is 4. The number of rotatable bonds is 6. The van der Waals surface area contributed by atoms with E-state index >= 15 is 0 Å². The summed E-state index contributed by atoms with van der Waals surface area (Å²) in [7, 11) is 0. The highest BCUT2D eigenvalue weighted by Crippen LogP contribution is 1.98. The highest BCUT2D eigenvalue weighted by molar-refractivity contribution is 7.80. The zero-order valence-corrected chi connectivity index (χ0v) is 10.8. The fourth-order valence-corrected chi connectivity index (χ4v) is 1.58. The van der Waals surface area contributed by atoms with E-state index in [2.05, 4.69) is 10.6 Å². The molecule has 0 aliphatic rings. The Morgan fingerprint density at radius 1 is 1.21 bits per heavy atom. The lowest BCUT2D eigenvalue weighted by Gasteiger charge is -2.15. The molecule has 1 rings (SSSR count). The summed E-state index contributed by atoms with van der Waals surface area (Å²) in [5, 5.41) is 22.8. The Morgan fingerprint density at radius 3 is 2.37 bits per heavy atom. The number of aliphatic carboxylic acids is 2. The highest BCUT2D eigenvalue weighted by Gasteiger charge is 2.21. The first-order chi connectivity index (χ1) is 8.99. The summed E-state index contributed by atoms with van der Waals surface area (Å²) in [5.41, 5.74) is 0.983. The van der Waals surface area contributed by atoms with Crippen LogP contribution in [0.1, 0.15) is 12.0 Å². The van der Waals surface area contributed by atoms with E-state index in [-0.39, 0.29) is 5.11 Å². The van der Waals surface area contributed by atoms with Gasteiger partial charge in [0.05, 0.1) is 6.42 Å². The molecule has 1 atom stereocenters. The molecule has 0 heterocycles. The van der Waals surface area contributed by atoms with Gasteiger partial charge in [0, 0.05) is 6.54 Å². The third kappa shape index (κ3) is 5.82. The minimum atomic E-state index is -1.26. The second kappa shape index (κ2) is 7.32. The normalized spacial score (nSPS) is 11.4. The predicted molar refractivity (Wildman–Crippen MR) is 72.7 cm³/mol. The summed E-state index contributed by atoms with van der Waals surface area (Å²) in [6.45, 7) is 0.437. The van der Waals surface area contributed by atoms with E-state index in [0.29, 0.717) is 6.54 Å². The van der Waals surface area contributed by atoms with Crippen LogP contribution in [0.4, 0.5) is 0 Å². The van der Waals surface area contributed by atoms with Crippen LogP contribution in [-0.4, -0.2) is 33.3 Å².